The molecule has 1 fully saturated rings. The summed E-state index contributed by atoms with van der Waals surface area (Å²) in [5.74, 6) is 0.848. The largest absolute Gasteiger partial charge is 0.316 e. The molecule has 0 spiro atoms. The Morgan fingerprint density at radius 1 is 1.71 bits per heavy atom. The van der Waals surface area contributed by atoms with Crippen molar-refractivity contribution in [3.63, 3.8) is 0 Å². The molecule has 1 nitrogen and oxygen atoms in total. The van der Waals surface area contributed by atoms with Gasteiger partial charge in [-0.2, -0.15) is 0 Å². The van der Waals surface area contributed by atoms with Crippen LogP contribution in [0, 0.1) is 12.3 Å². The highest BCUT2D eigenvalue weighted by atomic mass is 14.9. The molecule has 1 aliphatic heterocycles. The van der Waals surface area contributed by atoms with E-state index in [4.69, 9.17) is 0 Å². The van der Waals surface area contributed by atoms with Crippen LogP contribution in [0.4, 0.5) is 0 Å². The van der Waals surface area contributed by atoms with Gasteiger partial charge in [0.15, 0.2) is 0 Å². The first-order valence-electron chi connectivity index (χ1n) is 2.93. The third kappa shape index (κ3) is 1.48. The van der Waals surface area contributed by atoms with Gasteiger partial charge in [0.25, 0.3) is 0 Å². The van der Waals surface area contributed by atoms with Crippen LogP contribution in [0.3, 0.4) is 0 Å². The molecule has 0 saturated carbocycles. The third-order valence-electron chi connectivity index (χ3n) is 1.44. The first-order valence-corrected chi connectivity index (χ1v) is 2.93. The van der Waals surface area contributed by atoms with Gasteiger partial charge in [-0.1, -0.05) is 6.92 Å². The summed E-state index contributed by atoms with van der Waals surface area (Å²) in [6.07, 6.45) is 3.64. The zero-order valence-electron chi connectivity index (χ0n) is 4.78. The zero-order chi connectivity index (χ0) is 5.11. The lowest BCUT2D eigenvalue weighted by molar-refractivity contribution is 0.491. The molecule has 0 aromatic rings. The fourth-order valence-electron chi connectivity index (χ4n) is 0.834. The zero-order valence-corrected chi connectivity index (χ0v) is 4.78. The van der Waals surface area contributed by atoms with Gasteiger partial charge in [0, 0.05) is 0 Å². The predicted octanol–water partition coefficient (Wildman–Crippen LogP) is 0.820. The highest BCUT2D eigenvalue weighted by Gasteiger charge is 2.05. The van der Waals surface area contributed by atoms with Gasteiger partial charge in [-0.25, -0.2) is 0 Å². The molecule has 1 saturated heterocycles. The molecule has 1 heteroatoms. The minimum Gasteiger partial charge on any atom is -0.316 e. The first kappa shape index (κ1) is 5.10. The van der Waals surface area contributed by atoms with Gasteiger partial charge < -0.3 is 5.32 Å². The number of hydrogen-bond donors (Lipinski definition) is 1. The van der Waals surface area contributed by atoms with E-state index in [1.54, 1.807) is 0 Å². The molecule has 1 radical (unpaired) electrons. The molecule has 1 rings (SSSR count). The molecular weight excluding hydrogens is 86.1 g/mol. The number of nitrogens with one attached hydrogen (secondary N) is 1. The Bertz CT molecular complexity index is 46.1. The van der Waals surface area contributed by atoms with Crippen LogP contribution >= 0.6 is 0 Å². The molecule has 7 heavy (non-hydrogen) atoms. The third-order valence-corrected chi connectivity index (χ3v) is 1.44. The SMILES string of the molecule is CC1[CH]CNCC1. The summed E-state index contributed by atoms with van der Waals surface area (Å²) < 4.78 is 0. The second kappa shape index (κ2) is 2.31. The van der Waals surface area contributed by atoms with Crippen molar-refractivity contribution in [2.45, 2.75) is 13.3 Å². The molecule has 1 atom stereocenters. The van der Waals surface area contributed by atoms with Crippen molar-refractivity contribution >= 4 is 0 Å². The van der Waals surface area contributed by atoms with Gasteiger partial charge >= 0.3 is 0 Å². The van der Waals surface area contributed by atoms with E-state index in [-0.39, 0.29) is 0 Å². The normalized spacial score (nSPS) is 25.3. The highest BCUT2D eigenvalue weighted by molar-refractivity contribution is 4.80. The molecule has 41 valence electrons. The number of hydrogen-bond acceptors (Lipinski definition) is 1. The van der Waals surface area contributed by atoms with Gasteiger partial charge in [-0.3, -0.25) is 0 Å². The van der Waals surface area contributed by atoms with Crippen molar-refractivity contribution in [2.75, 3.05) is 13.1 Å². The Kier molecular flexibility index (Phi) is 1.69. The van der Waals surface area contributed by atoms with Crippen LogP contribution in [0.2, 0.25) is 0 Å². The summed E-state index contributed by atoms with van der Waals surface area (Å²) in [6, 6.07) is 0. The van der Waals surface area contributed by atoms with E-state index in [0.717, 1.165) is 12.5 Å². The molecule has 0 aromatic carbocycles. The molecule has 0 aliphatic carbocycles. The Balaban J connectivity index is 2.12. The molecule has 1 heterocycles. The monoisotopic (exact) mass is 98.1 g/mol. The molecule has 0 amide bonds. The Morgan fingerprint density at radius 2 is 2.57 bits per heavy atom. The maximum absolute atomic E-state index is 3.26. The molecule has 0 bridgehead atoms. The van der Waals surface area contributed by atoms with Crippen molar-refractivity contribution in [3.05, 3.63) is 6.42 Å². The van der Waals surface area contributed by atoms with Gasteiger partial charge in [0.1, 0.15) is 0 Å². The molecule has 1 unspecified atom stereocenters. The summed E-state index contributed by atoms with van der Waals surface area (Å²) in [4.78, 5) is 0. The van der Waals surface area contributed by atoms with Gasteiger partial charge in [0.05, 0.1) is 0 Å². The summed E-state index contributed by atoms with van der Waals surface area (Å²) in [5, 5.41) is 3.26. The van der Waals surface area contributed by atoms with Crippen LogP contribution in [-0.4, -0.2) is 13.1 Å². The predicted molar refractivity (Wildman–Crippen MR) is 31.0 cm³/mol. The maximum atomic E-state index is 3.26. The Labute approximate surface area is 45.1 Å². The molecule has 0 aromatic heterocycles. The highest BCUT2D eigenvalue weighted by Crippen LogP contribution is 2.06. The fraction of sp³-hybridized carbons (Fsp3) is 0.833. The Morgan fingerprint density at radius 3 is 2.86 bits per heavy atom. The summed E-state index contributed by atoms with van der Waals surface area (Å²) in [7, 11) is 0. The topological polar surface area (TPSA) is 12.0 Å². The minimum absolute atomic E-state index is 0.848. The molecule has 1 N–H and O–H groups in total. The number of piperidine rings is 1. The van der Waals surface area contributed by atoms with Crippen molar-refractivity contribution in [1.29, 1.82) is 0 Å². The van der Waals surface area contributed by atoms with E-state index in [2.05, 4.69) is 18.7 Å². The number of rotatable bonds is 0. The lowest BCUT2D eigenvalue weighted by Gasteiger charge is -2.16. The average Bonchev–Trinajstić information content (AvgIpc) is 1.69. The van der Waals surface area contributed by atoms with Crippen LogP contribution < -0.4 is 5.32 Å². The second-order valence-corrected chi connectivity index (χ2v) is 2.21. The fourth-order valence-corrected chi connectivity index (χ4v) is 0.834. The van der Waals surface area contributed by atoms with Crippen molar-refractivity contribution in [1.82, 2.24) is 5.32 Å². The summed E-state index contributed by atoms with van der Waals surface area (Å²) >= 11 is 0. The van der Waals surface area contributed by atoms with E-state index >= 15 is 0 Å². The standard InChI is InChI=1S/C6H12N/c1-6-2-4-7-5-3-6/h2,6-7H,3-5H2,1H3. The van der Waals surface area contributed by atoms with E-state index in [1.807, 2.05) is 0 Å². The van der Waals surface area contributed by atoms with Crippen molar-refractivity contribution in [2.24, 2.45) is 5.92 Å². The quantitative estimate of drug-likeness (QED) is 0.473. The average molecular weight is 98.2 g/mol. The van der Waals surface area contributed by atoms with Gasteiger partial charge in [-0.15, -0.1) is 0 Å². The van der Waals surface area contributed by atoms with E-state index in [0.29, 0.717) is 0 Å². The maximum Gasteiger partial charge on any atom is -0.00147 e. The van der Waals surface area contributed by atoms with Crippen LogP contribution in [0.5, 0.6) is 0 Å². The lowest BCUT2D eigenvalue weighted by atomic mass is 10.0. The van der Waals surface area contributed by atoms with E-state index in [1.165, 1.54) is 13.0 Å². The smallest absolute Gasteiger partial charge is 0.00147 e. The summed E-state index contributed by atoms with van der Waals surface area (Å²) in [5.41, 5.74) is 0. The van der Waals surface area contributed by atoms with Crippen molar-refractivity contribution in [3.8, 4) is 0 Å². The van der Waals surface area contributed by atoms with Crippen LogP contribution in [0.1, 0.15) is 13.3 Å². The molecule has 1 aliphatic rings. The summed E-state index contributed by atoms with van der Waals surface area (Å²) in [6.45, 7) is 4.58. The van der Waals surface area contributed by atoms with Crippen molar-refractivity contribution < 1.29 is 0 Å². The van der Waals surface area contributed by atoms with E-state index < -0.39 is 0 Å². The molecular formula is C6H12N. The lowest BCUT2D eigenvalue weighted by Crippen LogP contribution is -2.26. The first-order chi connectivity index (χ1) is 3.39. The second-order valence-electron chi connectivity index (χ2n) is 2.21. The van der Waals surface area contributed by atoms with Gasteiger partial charge in [0.2, 0.25) is 0 Å². The van der Waals surface area contributed by atoms with E-state index in [9.17, 15) is 0 Å². The van der Waals surface area contributed by atoms with Gasteiger partial charge in [-0.05, 0) is 31.8 Å². The Hall–Kier alpha value is -0.0400. The van der Waals surface area contributed by atoms with Crippen LogP contribution in [-0.2, 0) is 0 Å². The van der Waals surface area contributed by atoms with Crippen LogP contribution in [0.15, 0.2) is 0 Å². The minimum atomic E-state index is 0.848. The van der Waals surface area contributed by atoms with Crippen LogP contribution in [0.25, 0.3) is 0 Å².